The normalized spacial score (nSPS) is 20.8. The molecule has 2 atom stereocenters. The van der Waals surface area contributed by atoms with Gasteiger partial charge >= 0.3 is 5.97 Å². The number of hydrogen-bond donors (Lipinski definition) is 3. The Morgan fingerprint density at radius 2 is 2.10 bits per heavy atom. The van der Waals surface area contributed by atoms with E-state index >= 15 is 0 Å². The maximum Gasteiger partial charge on any atom is 0.310 e. The molecule has 3 N–H and O–H groups in total. The molecule has 0 radical (unpaired) electrons. The van der Waals surface area contributed by atoms with Gasteiger partial charge in [-0.3, -0.25) is 24.3 Å². The summed E-state index contributed by atoms with van der Waals surface area (Å²) < 4.78 is 0.894. The number of amides is 1. The Balaban J connectivity index is 1.96. The Kier molecular flexibility index (Phi) is 3.83. The van der Waals surface area contributed by atoms with Crippen LogP contribution >= 0.6 is 0 Å². The van der Waals surface area contributed by atoms with Crippen molar-refractivity contribution in [3.05, 3.63) is 45.0 Å². The smallest absolute Gasteiger partial charge is 0.310 e. The van der Waals surface area contributed by atoms with Gasteiger partial charge in [0.25, 0.3) is 11.1 Å². The van der Waals surface area contributed by atoms with E-state index in [1.807, 2.05) is 0 Å². The maximum atomic E-state index is 11.7. The Morgan fingerprint density at radius 3 is 2.75 bits per heavy atom. The Labute approximate surface area is 112 Å². The lowest BCUT2D eigenvalue weighted by atomic mass is 10.1. The van der Waals surface area contributed by atoms with Gasteiger partial charge in [-0.2, -0.15) is 0 Å². The van der Waals surface area contributed by atoms with Crippen molar-refractivity contribution < 1.29 is 14.7 Å². The first-order valence-electron chi connectivity index (χ1n) is 5.96. The van der Waals surface area contributed by atoms with Crippen molar-refractivity contribution in [2.24, 2.45) is 5.92 Å². The second-order valence-corrected chi connectivity index (χ2v) is 4.47. The second-order valence-electron chi connectivity index (χ2n) is 4.47. The van der Waals surface area contributed by atoms with Crippen molar-refractivity contribution in [2.45, 2.75) is 19.0 Å². The van der Waals surface area contributed by atoms with Crippen molar-refractivity contribution in [3.8, 4) is 0 Å². The molecule has 1 amide bonds. The molecule has 20 heavy (non-hydrogen) atoms. The third-order valence-corrected chi connectivity index (χ3v) is 2.94. The van der Waals surface area contributed by atoms with Gasteiger partial charge in [0.05, 0.1) is 5.92 Å². The number of carboxylic acids is 1. The predicted molar refractivity (Wildman–Crippen MR) is 68.1 cm³/mol. The summed E-state index contributed by atoms with van der Waals surface area (Å²) in [5, 5.41) is 13.6. The van der Waals surface area contributed by atoms with E-state index in [0.717, 1.165) is 16.8 Å². The molecule has 1 heterocycles. The minimum absolute atomic E-state index is 0.279. The molecule has 106 valence electrons. The highest BCUT2D eigenvalue weighted by Crippen LogP contribution is 2.17. The third kappa shape index (κ3) is 3.22. The maximum absolute atomic E-state index is 11.7. The molecule has 1 aliphatic carbocycles. The number of aromatic amines is 1. The number of carboxylic acid groups (broad SMARTS) is 1. The zero-order valence-corrected chi connectivity index (χ0v) is 10.4. The molecule has 0 saturated heterocycles. The van der Waals surface area contributed by atoms with Crippen LogP contribution in [0.25, 0.3) is 0 Å². The van der Waals surface area contributed by atoms with Crippen LogP contribution in [0.2, 0.25) is 0 Å². The molecule has 1 aromatic rings. The number of nitrogens with zero attached hydrogens (tertiary/aromatic N) is 1. The van der Waals surface area contributed by atoms with Crippen molar-refractivity contribution in [1.82, 2.24) is 15.1 Å². The summed E-state index contributed by atoms with van der Waals surface area (Å²) in [6, 6.07) is 1.77. The standard InChI is InChI=1S/C12H13N3O5/c16-9-3-4-11(18)15(14-9)6-10(17)13-8-2-1-7(5-8)12(19)20/h1-4,7-8H,5-6H2,(H,13,17)(H,14,16)(H,19,20). The Bertz CT molecular complexity index is 672. The quantitative estimate of drug-likeness (QED) is 0.590. The molecule has 0 bridgehead atoms. The van der Waals surface area contributed by atoms with E-state index < -0.39 is 28.9 Å². The number of rotatable bonds is 4. The van der Waals surface area contributed by atoms with Crippen molar-refractivity contribution in [3.63, 3.8) is 0 Å². The highest BCUT2D eigenvalue weighted by Gasteiger charge is 2.25. The van der Waals surface area contributed by atoms with E-state index in [-0.39, 0.29) is 19.0 Å². The molecular weight excluding hydrogens is 266 g/mol. The molecule has 2 rings (SSSR count). The average molecular weight is 279 g/mol. The average Bonchev–Trinajstić information content (AvgIpc) is 2.82. The monoisotopic (exact) mass is 279 g/mol. The van der Waals surface area contributed by atoms with Gasteiger partial charge in [0.15, 0.2) is 0 Å². The van der Waals surface area contributed by atoms with Crippen LogP contribution in [0.15, 0.2) is 33.9 Å². The first-order chi connectivity index (χ1) is 9.45. The van der Waals surface area contributed by atoms with E-state index in [0.29, 0.717) is 0 Å². The van der Waals surface area contributed by atoms with Gasteiger partial charge in [0.1, 0.15) is 6.54 Å². The zero-order valence-electron chi connectivity index (χ0n) is 10.4. The molecule has 8 nitrogen and oxygen atoms in total. The van der Waals surface area contributed by atoms with Crippen molar-refractivity contribution in [2.75, 3.05) is 0 Å². The fourth-order valence-electron chi connectivity index (χ4n) is 1.96. The van der Waals surface area contributed by atoms with Crippen LogP contribution < -0.4 is 16.4 Å². The number of carbonyl (C=O) groups excluding carboxylic acids is 1. The summed E-state index contributed by atoms with van der Waals surface area (Å²) >= 11 is 0. The van der Waals surface area contributed by atoms with Gasteiger partial charge in [-0.15, -0.1) is 0 Å². The molecule has 8 heteroatoms. The highest BCUT2D eigenvalue weighted by molar-refractivity contribution is 5.77. The van der Waals surface area contributed by atoms with Crippen LogP contribution in [0.5, 0.6) is 0 Å². The molecule has 0 spiro atoms. The molecule has 2 unspecified atom stereocenters. The number of hydrogen-bond acceptors (Lipinski definition) is 4. The summed E-state index contributed by atoms with van der Waals surface area (Å²) in [5.74, 6) is -2.03. The van der Waals surface area contributed by atoms with Crippen LogP contribution in [-0.2, 0) is 16.1 Å². The van der Waals surface area contributed by atoms with Gasteiger partial charge in [-0.05, 0) is 6.42 Å². The highest BCUT2D eigenvalue weighted by atomic mass is 16.4. The molecule has 0 aliphatic heterocycles. The van der Waals surface area contributed by atoms with Crippen molar-refractivity contribution in [1.29, 1.82) is 0 Å². The lowest BCUT2D eigenvalue weighted by Gasteiger charge is -2.12. The number of H-pyrrole nitrogens is 1. The summed E-state index contributed by atoms with van der Waals surface area (Å²) in [4.78, 5) is 45.0. The molecular formula is C12H13N3O5. The lowest BCUT2D eigenvalue weighted by molar-refractivity contribution is -0.140. The number of aliphatic carboxylic acids is 1. The van der Waals surface area contributed by atoms with Gasteiger partial charge < -0.3 is 10.4 Å². The number of nitrogens with one attached hydrogen (secondary N) is 2. The molecule has 0 aromatic carbocycles. The zero-order chi connectivity index (χ0) is 14.7. The van der Waals surface area contributed by atoms with E-state index in [1.165, 1.54) is 6.08 Å². The van der Waals surface area contributed by atoms with E-state index in [4.69, 9.17) is 5.11 Å². The SMILES string of the molecule is O=C(Cn1[nH]c(=O)ccc1=O)NC1C=CC(C(=O)O)C1. The largest absolute Gasteiger partial charge is 0.481 e. The van der Waals surface area contributed by atoms with E-state index in [1.54, 1.807) is 6.08 Å². The Hall–Kier alpha value is -2.64. The van der Waals surface area contributed by atoms with Gasteiger partial charge in [0, 0.05) is 18.2 Å². The molecule has 0 saturated carbocycles. The van der Waals surface area contributed by atoms with Crippen LogP contribution in [-0.4, -0.2) is 32.8 Å². The fourth-order valence-corrected chi connectivity index (χ4v) is 1.96. The van der Waals surface area contributed by atoms with Gasteiger partial charge in [-0.1, -0.05) is 12.2 Å². The first kappa shape index (κ1) is 13.8. The summed E-state index contributed by atoms with van der Waals surface area (Å²) in [6.45, 7) is -0.322. The van der Waals surface area contributed by atoms with Crippen LogP contribution in [0.1, 0.15) is 6.42 Å². The molecule has 1 aliphatic rings. The van der Waals surface area contributed by atoms with Gasteiger partial charge in [0.2, 0.25) is 5.91 Å². The van der Waals surface area contributed by atoms with Crippen LogP contribution in [0.4, 0.5) is 0 Å². The minimum atomic E-state index is -0.943. The minimum Gasteiger partial charge on any atom is -0.481 e. The van der Waals surface area contributed by atoms with E-state index in [9.17, 15) is 19.2 Å². The van der Waals surface area contributed by atoms with Gasteiger partial charge in [-0.25, -0.2) is 4.68 Å². The number of aromatic nitrogens is 2. The fraction of sp³-hybridized carbons (Fsp3) is 0.333. The summed E-state index contributed by atoms with van der Waals surface area (Å²) in [6.07, 6.45) is 3.40. The number of carbonyl (C=O) groups is 2. The summed E-state index contributed by atoms with van der Waals surface area (Å²) in [7, 11) is 0. The molecule has 1 aromatic heterocycles. The topological polar surface area (TPSA) is 121 Å². The third-order valence-electron chi connectivity index (χ3n) is 2.94. The van der Waals surface area contributed by atoms with Crippen molar-refractivity contribution >= 4 is 11.9 Å². The predicted octanol–water partition coefficient (Wildman–Crippen LogP) is -1.32. The first-order valence-corrected chi connectivity index (χ1v) is 5.96. The lowest BCUT2D eigenvalue weighted by Crippen LogP contribution is -2.39. The van der Waals surface area contributed by atoms with Crippen LogP contribution in [0.3, 0.4) is 0 Å². The second kappa shape index (κ2) is 5.55. The van der Waals surface area contributed by atoms with Crippen LogP contribution in [0, 0.1) is 5.92 Å². The summed E-state index contributed by atoms with van der Waals surface area (Å²) in [5.41, 5.74) is -0.978. The Morgan fingerprint density at radius 1 is 1.35 bits per heavy atom. The molecule has 0 fully saturated rings. The van der Waals surface area contributed by atoms with E-state index in [2.05, 4.69) is 10.4 Å².